The monoisotopic (exact) mass is 853 g/mol. The Balaban J connectivity index is 1.02. The summed E-state index contributed by atoms with van der Waals surface area (Å²) in [6.45, 7) is 5.20. The number of benzene rings is 3. The van der Waals surface area contributed by atoms with Crippen LogP contribution in [0.15, 0.2) is 77.7 Å². The number of Topliss-reactive ketones (excluding diaryl/α,β-unsaturated/α-hetero) is 1. The number of anilines is 2. The van der Waals surface area contributed by atoms with Crippen LogP contribution in [0, 0.1) is 17.2 Å². The number of carboxylic acids is 1. The summed E-state index contributed by atoms with van der Waals surface area (Å²) in [5.41, 5.74) is 5.44. The van der Waals surface area contributed by atoms with Crippen LogP contribution in [0.1, 0.15) is 79.9 Å². The summed E-state index contributed by atoms with van der Waals surface area (Å²) in [6, 6.07) is 17.7. The average molecular weight is 854 g/mol. The molecule has 0 bridgehead atoms. The average Bonchev–Trinajstić information content (AvgIpc) is 3.24. The summed E-state index contributed by atoms with van der Waals surface area (Å²) in [6.07, 6.45) is 2.67. The lowest BCUT2D eigenvalue weighted by molar-refractivity contribution is -0.150. The first-order chi connectivity index (χ1) is 29.7. The number of carbonyl (C=O) groups excluding carboxylic acids is 5. The van der Waals surface area contributed by atoms with Gasteiger partial charge < -0.3 is 45.9 Å². The van der Waals surface area contributed by atoms with Crippen molar-refractivity contribution in [3.8, 4) is 0 Å². The molecule has 5 amide bonds. The molecule has 16 nitrogen and oxygen atoms in total. The number of hydrogen-bond acceptors (Lipinski definition) is 9. The number of ether oxygens (including phenoxy) is 1. The van der Waals surface area contributed by atoms with E-state index in [0.717, 1.165) is 18.1 Å². The molecule has 4 aromatic rings. The smallest absolute Gasteiger partial charge is 0.410 e. The van der Waals surface area contributed by atoms with Crippen LogP contribution >= 0.6 is 0 Å². The predicted molar refractivity (Wildman–Crippen MR) is 229 cm³/mol. The molecule has 2 aliphatic rings. The number of amides is 5. The first kappa shape index (κ1) is 44.8. The second-order valence-corrected chi connectivity index (χ2v) is 15.8. The number of urea groups is 1. The van der Waals surface area contributed by atoms with E-state index in [2.05, 4.69) is 16.0 Å². The summed E-state index contributed by atoms with van der Waals surface area (Å²) in [7, 11) is 0. The number of halogens is 1. The number of nitrogens with zero attached hydrogens (tertiary/aromatic N) is 3. The molecule has 2 atom stereocenters. The first-order valence-corrected chi connectivity index (χ1v) is 20.8. The van der Waals surface area contributed by atoms with Crippen molar-refractivity contribution in [3.05, 3.63) is 106 Å². The minimum Gasteiger partial charge on any atom is -0.477 e. The van der Waals surface area contributed by atoms with Crippen molar-refractivity contribution in [2.45, 2.75) is 71.6 Å². The van der Waals surface area contributed by atoms with Gasteiger partial charge in [-0.15, -0.1) is 0 Å². The van der Waals surface area contributed by atoms with E-state index in [4.69, 9.17) is 10.5 Å². The molecule has 0 spiro atoms. The van der Waals surface area contributed by atoms with Crippen LogP contribution in [0.3, 0.4) is 0 Å². The van der Waals surface area contributed by atoms with Gasteiger partial charge in [-0.3, -0.25) is 19.2 Å². The lowest BCUT2D eigenvalue weighted by atomic mass is 9.63. The number of ketones is 1. The van der Waals surface area contributed by atoms with Crippen LogP contribution in [0.5, 0.6) is 0 Å². The summed E-state index contributed by atoms with van der Waals surface area (Å²) in [4.78, 5) is 93.0. The fraction of sp³-hybridized carbons (Fsp3) is 0.400. The molecule has 6 rings (SSSR count). The van der Waals surface area contributed by atoms with Gasteiger partial charge in [-0.25, -0.2) is 18.8 Å². The zero-order valence-electron chi connectivity index (χ0n) is 34.8. The van der Waals surface area contributed by atoms with Crippen molar-refractivity contribution in [3.63, 3.8) is 0 Å². The molecule has 1 aliphatic carbocycles. The highest BCUT2D eigenvalue weighted by atomic mass is 19.1. The van der Waals surface area contributed by atoms with Crippen molar-refractivity contribution in [1.82, 2.24) is 20.1 Å². The Labute approximate surface area is 357 Å². The SMILES string of the molecule is CCn1cc(C(=O)O)c(=O)c2cc(F)c(N3CCN(C(=O)OCc4ccc(NC(=O)[C@H](CCCNC(N)=O)CC(=O)C5(C(=O)NC(C)c6ccccc6)CCC5)cc4)CC3)cc21. The van der Waals surface area contributed by atoms with Crippen molar-refractivity contribution in [1.29, 1.82) is 0 Å². The number of hydrogen-bond donors (Lipinski definition) is 5. The number of pyridine rings is 1. The predicted octanol–water partition coefficient (Wildman–Crippen LogP) is 5.33. The fourth-order valence-electron chi connectivity index (χ4n) is 7.98. The van der Waals surface area contributed by atoms with Crippen molar-refractivity contribution < 1.29 is 43.0 Å². The van der Waals surface area contributed by atoms with Crippen LogP contribution in [0.4, 0.5) is 25.4 Å². The number of piperazine rings is 1. The first-order valence-electron chi connectivity index (χ1n) is 20.8. The molecule has 2 heterocycles. The van der Waals surface area contributed by atoms with Gasteiger partial charge in [0.2, 0.25) is 17.2 Å². The summed E-state index contributed by atoms with van der Waals surface area (Å²) in [5.74, 6) is -3.92. The van der Waals surface area contributed by atoms with Crippen molar-refractivity contribution in [2.24, 2.45) is 17.1 Å². The van der Waals surface area contributed by atoms with Crippen molar-refractivity contribution >= 4 is 58.0 Å². The second-order valence-electron chi connectivity index (χ2n) is 15.8. The number of carbonyl (C=O) groups is 6. The minimum atomic E-state index is -1.39. The van der Waals surface area contributed by atoms with Crippen LogP contribution < -0.4 is 32.0 Å². The molecule has 1 saturated carbocycles. The summed E-state index contributed by atoms with van der Waals surface area (Å²) >= 11 is 0. The van der Waals surface area contributed by atoms with Crippen LogP contribution in [0.25, 0.3) is 10.9 Å². The number of rotatable bonds is 17. The van der Waals surface area contributed by atoms with E-state index in [0.29, 0.717) is 42.6 Å². The minimum absolute atomic E-state index is 0.0258. The lowest BCUT2D eigenvalue weighted by Crippen LogP contribution is -2.52. The van der Waals surface area contributed by atoms with Crippen LogP contribution in [-0.4, -0.2) is 83.0 Å². The lowest BCUT2D eigenvalue weighted by Gasteiger charge is -2.40. The van der Waals surface area contributed by atoms with E-state index in [9.17, 15) is 38.7 Å². The van der Waals surface area contributed by atoms with Gasteiger partial charge in [0, 0.05) is 68.9 Å². The fourth-order valence-corrected chi connectivity index (χ4v) is 7.98. The highest BCUT2D eigenvalue weighted by Crippen LogP contribution is 2.44. The van der Waals surface area contributed by atoms with Gasteiger partial charge in [0.05, 0.1) is 17.2 Å². The summed E-state index contributed by atoms with van der Waals surface area (Å²) in [5, 5.41) is 17.8. The molecule has 6 N–H and O–H groups in total. The molecular formula is C45H52FN7O9. The molecular weight excluding hydrogens is 802 g/mol. The topological polar surface area (TPSA) is 222 Å². The van der Waals surface area contributed by atoms with Gasteiger partial charge in [-0.1, -0.05) is 48.9 Å². The molecule has 1 aliphatic heterocycles. The Kier molecular flexibility index (Phi) is 14.2. The molecule has 17 heteroatoms. The van der Waals surface area contributed by atoms with E-state index >= 15 is 4.39 Å². The van der Waals surface area contributed by atoms with E-state index in [-0.39, 0.29) is 81.0 Å². The maximum atomic E-state index is 15.3. The van der Waals surface area contributed by atoms with Gasteiger partial charge in [0.1, 0.15) is 29.2 Å². The Bertz CT molecular complexity index is 2380. The van der Waals surface area contributed by atoms with Crippen LogP contribution in [0.2, 0.25) is 0 Å². The van der Waals surface area contributed by atoms with Gasteiger partial charge in [0.25, 0.3) is 0 Å². The Morgan fingerprint density at radius 1 is 0.968 bits per heavy atom. The molecule has 3 aromatic carbocycles. The van der Waals surface area contributed by atoms with Gasteiger partial charge in [0.15, 0.2) is 0 Å². The third-order valence-corrected chi connectivity index (χ3v) is 11.8. The van der Waals surface area contributed by atoms with E-state index < -0.39 is 52.1 Å². The van der Waals surface area contributed by atoms with E-state index in [1.165, 1.54) is 17.2 Å². The molecule has 1 aromatic heterocycles. The number of nitrogens with one attached hydrogen (secondary N) is 3. The third kappa shape index (κ3) is 10.2. The zero-order chi connectivity index (χ0) is 44.6. The van der Waals surface area contributed by atoms with Gasteiger partial charge >= 0.3 is 18.1 Å². The maximum Gasteiger partial charge on any atom is 0.410 e. The number of carboxylic acid groups (broad SMARTS) is 1. The number of aromatic nitrogens is 1. The van der Waals surface area contributed by atoms with Gasteiger partial charge in [-0.2, -0.15) is 0 Å². The number of fused-ring (bicyclic) bond motifs is 1. The Morgan fingerprint density at radius 2 is 1.66 bits per heavy atom. The Hall–Kier alpha value is -6.78. The largest absolute Gasteiger partial charge is 0.477 e. The highest BCUT2D eigenvalue weighted by Gasteiger charge is 2.51. The summed E-state index contributed by atoms with van der Waals surface area (Å²) < 4.78 is 22.5. The Morgan fingerprint density at radius 3 is 2.27 bits per heavy atom. The molecule has 62 heavy (non-hydrogen) atoms. The number of nitrogens with two attached hydrogens (primary N) is 1. The van der Waals surface area contributed by atoms with E-state index in [1.54, 1.807) is 40.7 Å². The van der Waals surface area contributed by atoms with Crippen LogP contribution in [-0.2, 0) is 32.3 Å². The van der Waals surface area contributed by atoms with E-state index in [1.807, 2.05) is 37.3 Å². The normalized spacial score (nSPS) is 15.5. The third-order valence-electron chi connectivity index (χ3n) is 11.8. The second kappa shape index (κ2) is 19.7. The quantitative estimate of drug-likeness (QED) is 0.0679. The van der Waals surface area contributed by atoms with Crippen molar-refractivity contribution in [2.75, 3.05) is 42.9 Å². The molecule has 2 fully saturated rings. The van der Waals surface area contributed by atoms with Gasteiger partial charge in [-0.05, 0) is 74.9 Å². The maximum absolute atomic E-state index is 15.3. The highest BCUT2D eigenvalue weighted by molar-refractivity contribution is 6.08. The molecule has 1 saturated heterocycles. The molecule has 328 valence electrons. The zero-order valence-corrected chi connectivity index (χ0v) is 34.8. The number of primary amides is 1. The number of aromatic carboxylic acids is 1. The molecule has 0 radical (unpaired) electrons. The molecule has 1 unspecified atom stereocenters. The number of aryl methyl sites for hydroxylation is 1. The standard InChI is InChI=1S/C45H52FN7O9/c1-3-51-26-34(41(57)58)39(55)33-24-35(46)37(25-36(33)51)52-19-21-53(22-20-52)44(61)62-27-29-12-14-32(15-13-29)50-40(56)31(11-7-18-48-43(47)60)23-38(54)45(16-8-17-45)42(59)49-28(2)30-9-5-4-6-10-30/h4-6,9-10,12-15,24-26,28,31H,3,7-8,11,16-23,27H2,1-2H3,(H,49,59)(H,50,56)(H,57,58)(H3,47,48,60)/t28?,31-/m1/s1.